The number of hydrogen-bond acceptors (Lipinski definition) is 4. The van der Waals surface area contributed by atoms with E-state index in [0.717, 1.165) is 36.5 Å². The molecule has 0 spiro atoms. The minimum atomic E-state index is 0.277. The Hall–Kier alpha value is -1.32. The van der Waals surface area contributed by atoms with Crippen molar-refractivity contribution in [2.75, 3.05) is 19.0 Å². The van der Waals surface area contributed by atoms with Crippen LogP contribution in [0.3, 0.4) is 0 Å². The summed E-state index contributed by atoms with van der Waals surface area (Å²) in [6.07, 6.45) is 2.92. The largest absolute Gasteiger partial charge is 0.477 e. The molecule has 0 aliphatic rings. The Morgan fingerprint density at radius 1 is 1.21 bits per heavy atom. The molecule has 19 heavy (non-hydrogen) atoms. The normalized spacial score (nSPS) is 11.5. The smallest absolute Gasteiger partial charge is 0.221 e. The molecule has 4 nitrogen and oxygen atoms in total. The van der Waals surface area contributed by atoms with E-state index in [0.29, 0.717) is 12.5 Å². The molecule has 1 heterocycles. The molecule has 1 aromatic heterocycles. The summed E-state index contributed by atoms with van der Waals surface area (Å²) in [5.74, 6) is 2.43. The number of aromatic nitrogens is 2. The zero-order valence-corrected chi connectivity index (χ0v) is 13.1. The number of nitrogens with one attached hydrogen (secondary N) is 1. The van der Waals surface area contributed by atoms with E-state index in [4.69, 9.17) is 4.74 Å². The maximum atomic E-state index is 5.85. The number of nitrogens with zero attached hydrogens (tertiary/aromatic N) is 2. The van der Waals surface area contributed by atoms with Gasteiger partial charge < -0.3 is 10.1 Å². The average molecular weight is 265 g/mol. The third-order valence-corrected chi connectivity index (χ3v) is 2.95. The molecule has 0 atom stereocenters. The molecule has 108 valence electrons. The quantitative estimate of drug-likeness (QED) is 0.853. The molecule has 0 aromatic carbocycles. The number of rotatable bonds is 6. The summed E-state index contributed by atoms with van der Waals surface area (Å²) in [6, 6.07) is 0. The van der Waals surface area contributed by atoms with Gasteiger partial charge in [0.2, 0.25) is 5.88 Å². The van der Waals surface area contributed by atoms with Crippen LogP contribution in [0, 0.1) is 12.3 Å². The third kappa shape index (κ3) is 5.05. The highest BCUT2D eigenvalue weighted by atomic mass is 16.5. The van der Waals surface area contributed by atoms with Gasteiger partial charge in [0.15, 0.2) is 0 Å². The summed E-state index contributed by atoms with van der Waals surface area (Å²) in [4.78, 5) is 9.01. The lowest BCUT2D eigenvalue weighted by atomic mass is 9.93. The molecule has 0 aliphatic heterocycles. The Kier molecular flexibility index (Phi) is 5.58. The second kappa shape index (κ2) is 6.73. The van der Waals surface area contributed by atoms with E-state index < -0.39 is 0 Å². The molecule has 1 aromatic rings. The Morgan fingerprint density at radius 3 is 2.42 bits per heavy atom. The lowest BCUT2D eigenvalue weighted by Gasteiger charge is -2.19. The van der Waals surface area contributed by atoms with Gasteiger partial charge in [0.05, 0.1) is 12.2 Å². The molecular weight excluding hydrogens is 238 g/mol. The third-order valence-electron chi connectivity index (χ3n) is 2.95. The molecule has 1 rings (SSSR count). The van der Waals surface area contributed by atoms with Crippen LogP contribution in [0.1, 0.15) is 51.9 Å². The summed E-state index contributed by atoms with van der Waals surface area (Å²) >= 11 is 0. The molecule has 0 amide bonds. The Morgan fingerprint density at radius 2 is 1.89 bits per heavy atom. The van der Waals surface area contributed by atoms with Gasteiger partial charge in [-0.1, -0.05) is 27.7 Å². The van der Waals surface area contributed by atoms with Gasteiger partial charge in [-0.3, -0.25) is 0 Å². The van der Waals surface area contributed by atoms with Crippen LogP contribution in [-0.2, 0) is 6.42 Å². The maximum absolute atomic E-state index is 5.85. The summed E-state index contributed by atoms with van der Waals surface area (Å²) < 4.78 is 5.85. The number of hydrogen-bond donors (Lipinski definition) is 1. The van der Waals surface area contributed by atoms with Gasteiger partial charge in [0.1, 0.15) is 11.6 Å². The van der Waals surface area contributed by atoms with Crippen molar-refractivity contribution in [2.45, 2.75) is 53.9 Å². The summed E-state index contributed by atoms with van der Waals surface area (Å²) in [5, 5.41) is 3.11. The first-order valence-corrected chi connectivity index (χ1v) is 7.05. The number of ether oxygens (including phenoxy) is 1. The first kappa shape index (κ1) is 15.7. The molecule has 0 saturated heterocycles. The second-order valence-corrected chi connectivity index (χ2v) is 6.08. The van der Waals surface area contributed by atoms with Gasteiger partial charge in [0.25, 0.3) is 0 Å². The van der Waals surface area contributed by atoms with Crippen LogP contribution >= 0.6 is 0 Å². The lowest BCUT2D eigenvalue weighted by Crippen LogP contribution is -2.13. The predicted molar refractivity (Wildman–Crippen MR) is 79.9 cm³/mol. The fourth-order valence-corrected chi connectivity index (χ4v) is 1.71. The van der Waals surface area contributed by atoms with Gasteiger partial charge in [-0.05, 0) is 25.2 Å². The highest BCUT2D eigenvalue weighted by molar-refractivity contribution is 5.48. The molecular formula is C15H27N3O. The molecule has 0 radical (unpaired) electrons. The van der Waals surface area contributed by atoms with Crippen molar-refractivity contribution in [1.29, 1.82) is 0 Å². The average Bonchev–Trinajstić information content (AvgIpc) is 2.31. The fraction of sp³-hybridized carbons (Fsp3) is 0.733. The van der Waals surface area contributed by atoms with Crippen molar-refractivity contribution in [2.24, 2.45) is 5.41 Å². The van der Waals surface area contributed by atoms with Crippen molar-refractivity contribution >= 4 is 5.82 Å². The van der Waals surface area contributed by atoms with Gasteiger partial charge >= 0.3 is 0 Å². The summed E-state index contributed by atoms with van der Waals surface area (Å²) in [5.41, 5.74) is 1.26. The van der Waals surface area contributed by atoms with E-state index in [1.54, 1.807) is 0 Å². The van der Waals surface area contributed by atoms with Gasteiger partial charge in [-0.15, -0.1) is 0 Å². The van der Waals surface area contributed by atoms with Gasteiger partial charge in [0, 0.05) is 13.5 Å². The summed E-state index contributed by atoms with van der Waals surface area (Å²) in [7, 11) is 1.88. The zero-order valence-electron chi connectivity index (χ0n) is 13.1. The van der Waals surface area contributed by atoms with E-state index in [-0.39, 0.29) is 5.41 Å². The van der Waals surface area contributed by atoms with Crippen LogP contribution in [0.25, 0.3) is 0 Å². The standard InChI is InChI=1S/C15H27N3O/c1-7-8-12-17-13(16-6)11(2)14(18-12)19-10-9-15(3,4)5/h7-10H2,1-6H3,(H,16,17,18). The van der Waals surface area contributed by atoms with Crippen molar-refractivity contribution in [1.82, 2.24) is 9.97 Å². The van der Waals surface area contributed by atoms with Crippen LogP contribution in [0.15, 0.2) is 0 Å². The molecule has 1 N–H and O–H groups in total. The van der Waals surface area contributed by atoms with Crippen molar-refractivity contribution in [3.63, 3.8) is 0 Å². The second-order valence-electron chi connectivity index (χ2n) is 6.08. The summed E-state index contributed by atoms with van der Waals surface area (Å²) in [6.45, 7) is 11.5. The zero-order chi connectivity index (χ0) is 14.5. The van der Waals surface area contributed by atoms with Crippen LogP contribution in [0.4, 0.5) is 5.82 Å². The predicted octanol–water partition coefficient (Wildman–Crippen LogP) is 3.59. The van der Waals surface area contributed by atoms with Gasteiger partial charge in [-0.25, -0.2) is 4.98 Å². The fourth-order valence-electron chi connectivity index (χ4n) is 1.71. The van der Waals surface area contributed by atoms with Crippen LogP contribution < -0.4 is 10.1 Å². The lowest BCUT2D eigenvalue weighted by molar-refractivity contribution is 0.234. The number of anilines is 1. The Balaban J connectivity index is 2.83. The molecule has 0 saturated carbocycles. The van der Waals surface area contributed by atoms with Crippen LogP contribution in [0.2, 0.25) is 0 Å². The van der Waals surface area contributed by atoms with Crippen LogP contribution in [0.5, 0.6) is 5.88 Å². The van der Waals surface area contributed by atoms with Crippen LogP contribution in [-0.4, -0.2) is 23.6 Å². The van der Waals surface area contributed by atoms with Crippen molar-refractivity contribution < 1.29 is 4.74 Å². The highest BCUT2D eigenvalue weighted by Crippen LogP contribution is 2.24. The molecule has 0 unspecified atom stereocenters. The monoisotopic (exact) mass is 265 g/mol. The Bertz CT molecular complexity index is 411. The minimum Gasteiger partial charge on any atom is -0.477 e. The number of aryl methyl sites for hydroxylation is 1. The van der Waals surface area contributed by atoms with E-state index in [1.807, 2.05) is 14.0 Å². The topological polar surface area (TPSA) is 47.0 Å². The van der Waals surface area contributed by atoms with E-state index in [2.05, 4.69) is 43.0 Å². The molecule has 0 fully saturated rings. The van der Waals surface area contributed by atoms with Gasteiger partial charge in [-0.2, -0.15) is 4.98 Å². The Labute approximate surface area is 117 Å². The van der Waals surface area contributed by atoms with Crippen molar-refractivity contribution in [3.05, 3.63) is 11.4 Å². The van der Waals surface area contributed by atoms with Crippen molar-refractivity contribution in [3.8, 4) is 5.88 Å². The molecule has 4 heteroatoms. The molecule has 0 aliphatic carbocycles. The molecule has 0 bridgehead atoms. The first-order chi connectivity index (χ1) is 8.87. The minimum absolute atomic E-state index is 0.277. The maximum Gasteiger partial charge on any atom is 0.221 e. The first-order valence-electron chi connectivity index (χ1n) is 7.05. The SMILES string of the molecule is CCCc1nc(NC)c(C)c(OCCC(C)(C)C)n1. The van der Waals surface area contributed by atoms with E-state index in [9.17, 15) is 0 Å². The highest BCUT2D eigenvalue weighted by Gasteiger charge is 2.13. The van der Waals surface area contributed by atoms with E-state index >= 15 is 0 Å². The van der Waals surface area contributed by atoms with E-state index in [1.165, 1.54) is 0 Å².